The molecule has 55 valence electrons. The zero-order chi connectivity index (χ0) is 7.68. The summed E-state index contributed by atoms with van der Waals surface area (Å²) in [4.78, 5) is 3.96. The van der Waals surface area contributed by atoms with Crippen molar-refractivity contribution in [1.29, 1.82) is 0 Å². The van der Waals surface area contributed by atoms with Crippen LogP contribution in [0.1, 0.15) is 5.82 Å². The summed E-state index contributed by atoms with van der Waals surface area (Å²) < 4.78 is 9.75. The van der Waals surface area contributed by atoms with Crippen molar-refractivity contribution in [3.05, 3.63) is 24.2 Å². The highest BCUT2D eigenvalue weighted by Crippen LogP contribution is 2.15. The number of furan rings is 1. The topological polar surface area (TPSA) is 52.1 Å². The highest BCUT2D eigenvalue weighted by molar-refractivity contribution is 5.42. The minimum Gasteiger partial charge on any atom is -0.448 e. The van der Waals surface area contributed by atoms with Crippen molar-refractivity contribution in [2.24, 2.45) is 0 Å². The maximum atomic E-state index is 4.91. The summed E-state index contributed by atoms with van der Waals surface area (Å²) in [7, 11) is 0. The molecular weight excluding hydrogens is 144 g/mol. The fraction of sp³-hybridized carbons (Fsp3) is 0.143. The maximum absolute atomic E-state index is 4.91. The Bertz CT molecular complexity index is 337. The molecule has 11 heavy (non-hydrogen) atoms. The van der Waals surface area contributed by atoms with E-state index in [0.29, 0.717) is 17.5 Å². The van der Waals surface area contributed by atoms with E-state index >= 15 is 0 Å². The summed E-state index contributed by atoms with van der Waals surface area (Å²) in [6.45, 7) is 1.75. The highest BCUT2D eigenvalue weighted by atomic mass is 16.5. The van der Waals surface area contributed by atoms with Crippen LogP contribution in [0.25, 0.3) is 11.7 Å². The Morgan fingerprint density at radius 1 is 1.55 bits per heavy atom. The zero-order valence-corrected chi connectivity index (χ0v) is 5.87. The van der Waals surface area contributed by atoms with Crippen LogP contribution in [0.15, 0.2) is 21.1 Å². The Morgan fingerprint density at radius 2 is 2.45 bits per heavy atom. The molecule has 0 fully saturated rings. The van der Waals surface area contributed by atoms with E-state index in [-0.39, 0.29) is 0 Å². The SMILES string of the molecule is Cc1noc(-c2cc[c]o2)n1. The van der Waals surface area contributed by atoms with Crippen LogP contribution < -0.4 is 0 Å². The van der Waals surface area contributed by atoms with Crippen LogP contribution >= 0.6 is 0 Å². The van der Waals surface area contributed by atoms with Crippen molar-refractivity contribution < 1.29 is 8.94 Å². The van der Waals surface area contributed by atoms with Gasteiger partial charge in [0.15, 0.2) is 17.8 Å². The Labute approximate surface area is 62.8 Å². The summed E-state index contributed by atoms with van der Waals surface area (Å²) >= 11 is 0. The summed E-state index contributed by atoms with van der Waals surface area (Å²) in [5.41, 5.74) is 0. The quantitative estimate of drug-likeness (QED) is 0.615. The van der Waals surface area contributed by atoms with Gasteiger partial charge in [0, 0.05) is 0 Å². The molecule has 2 heterocycles. The molecule has 4 nitrogen and oxygen atoms in total. The smallest absolute Gasteiger partial charge is 0.293 e. The summed E-state index contributed by atoms with van der Waals surface area (Å²) in [6.07, 6.45) is 2.53. The predicted molar refractivity (Wildman–Crippen MR) is 35.6 cm³/mol. The fourth-order valence-corrected chi connectivity index (χ4v) is 0.753. The van der Waals surface area contributed by atoms with Crippen molar-refractivity contribution in [1.82, 2.24) is 10.1 Å². The number of nitrogens with zero attached hydrogens (tertiary/aromatic N) is 2. The summed E-state index contributed by atoms with van der Waals surface area (Å²) in [5, 5.41) is 3.61. The molecule has 0 N–H and O–H groups in total. The molecule has 0 amide bonds. The Kier molecular flexibility index (Phi) is 1.25. The lowest BCUT2D eigenvalue weighted by molar-refractivity contribution is 0.411. The van der Waals surface area contributed by atoms with Crippen LogP contribution in [0.4, 0.5) is 0 Å². The average Bonchev–Trinajstić information content (AvgIpc) is 2.55. The van der Waals surface area contributed by atoms with Crippen molar-refractivity contribution in [2.45, 2.75) is 6.92 Å². The van der Waals surface area contributed by atoms with Gasteiger partial charge in [0.2, 0.25) is 0 Å². The van der Waals surface area contributed by atoms with Gasteiger partial charge in [-0.3, -0.25) is 0 Å². The van der Waals surface area contributed by atoms with Crippen LogP contribution in [0.5, 0.6) is 0 Å². The molecule has 1 radical (unpaired) electrons. The first-order valence-corrected chi connectivity index (χ1v) is 3.13. The number of hydrogen-bond acceptors (Lipinski definition) is 4. The average molecular weight is 149 g/mol. The molecule has 0 unspecified atom stereocenters. The lowest BCUT2D eigenvalue weighted by Crippen LogP contribution is -1.72. The molecule has 4 heteroatoms. The third-order valence-electron chi connectivity index (χ3n) is 1.21. The molecule has 0 aliphatic rings. The normalized spacial score (nSPS) is 10.3. The molecule has 2 aromatic rings. The third kappa shape index (κ3) is 1.02. The standard InChI is InChI=1S/C7H5N2O2/c1-5-8-7(11-9-5)6-3-2-4-10-6/h2-3H,1H3. The van der Waals surface area contributed by atoms with Gasteiger partial charge in [0.05, 0.1) is 0 Å². The molecular formula is C7H5N2O2. The monoisotopic (exact) mass is 149 g/mol. The van der Waals surface area contributed by atoms with Gasteiger partial charge in [-0.25, -0.2) is 0 Å². The lowest BCUT2D eigenvalue weighted by atomic mass is 10.4. The molecule has 0 bridgehead atoms. The number of aromatic nitrogens is 2. The van der Waals surface area contributed by atoms with Gasteiger partial charge in [-0.15, -0.1) is 0 Å². The van der Waals surface area contributed by atoms with E-state index in [2.05, 4.69) is 16.4 Å². The van der Waals surface area contributed by atoms with Gasteiger partial charge in [-0.1, -0.05) is 5.16 Å². The van der Waals surface area contributed by atoms with Crippen LogP contribution in [0.3, 0.4) is 0 Å². The van der Waals surface area contributed by atoms with Gasteiger partial charge in [-0.05, 0) is 19.1 Å². The maximum Gasteiger partial charge on any atom is 0.293 e. The largest absolute Gasteiger partial charge is 0.448 e. The minimum atomic E-state index is 0.392. The van der Waals surface area contributed by atoms with E-state index in [9.17, 15) is 0 Å². The first kappa shape index (κ1) is 6.15. The Morgan fingerprint density at radius 3 is 3.00 bits per heavy atom. The van der Waals surface area contributed by atoms with E-state index in [1.807, 2.05) is 0 Å². The van der Waals surface area contributed by atoms with Crippen LogP contribution in [0.2, 0.25) is 0 Å². The Balaban J connectivity index is 2.45. The molecule has 0 aliphatic heterocycles. The molecule has 0 saturated heterocycles. The van der Waals surface area contributed by atoms with E-state index < -0.39 is 0 Å². The first-order chi connectivity index (χ1) is 5.36. The van der Waals surface area contributed by atoms with Crippen molar-refractivity contribution >= 4 is 0 Å². The number of rotatable bonds is 1. The van der Waals surface area contributed by atoms with Gasteiger partial charge in [0.1, 0.15) is 0 Å². The van der Waals surface area contributed by atoms with Crippen molar-refractivity contribution in [2.75, 3.05) is 0 Å². The minimum absolute atomic E-state index is 0.392. The van der Waals surface area contributed by atoms with Gasteiger partial charge >= 0.3 is 0 Å². The first-order valence-electron chi connectivity index (χ1n) is 3.13. The second kappa shape index (κ2) is 2.23. The molecule has 2 aromatic heterocycles. The molecule has 2 rings (SSSR count). The zero-order valence-electron chi connectivity index (χ0n) is 5.87. The second-order valence-electron chi connectivity index (χ2n) is 2.06. The van der Waals surface area contributed by atoms with E-state index in [1.54, 1.807) is 19.1 Å². The lowest BCUT2D eigenvalue weighted by Gasteiger charge is -1.80. The number of hydrogen-bond donors (Lipinski definition) is 0. The molecule has 0 atom stereocenters. The summed E-state index contributed by atoms with van der Waals surface area (Å²) in [6, 6.07) is 3.36. The van der Waals surface area contributed by atoms with Gasteiger partial charge in [0.25, 0.3) is 5.89 Å². The third-order valence-corrected chi connectivity index (χ3v) is 1.21. The van der Waals surface area contributed by atoms with E-state index in [4.69, 9.17) is 8.94 Å². The highest BCUT2D eigenvalue weighted by Gasteiger charge is 2.07. The number of aryl methyl sites for hydroxylation is 1. The Hall–Kier alpha value is -1.58. The predicted octanol–water partition coefficient (Wildman–Crippen LogP) is 1.44. The van der Waals surface area contributed by atoms with Crippen LogP contribution in [0, 0.1) is 13.2 Å². The van der Waals surface area contributed by atoms with E-state index in [0.717, 1.165) is 0 Å². The second-order valence-corrected chi connectivity index (χ2v) is 2.06. The van der Waals surface area contributed by atoms with Crippen molar-refractivity contribution in [3.8, 4) is 11.7 Å². The molecule has 0 spiro atoms. The van der Waals surface area contributed by atoms with Gasteiger partial charge < -0.3 is 8.94 Å². The van der Waals surface area contributed by atoms with Crippen LogP contribution in [-0.2, 0) is 0 Å². The summed E-state index contributed by atoms with van der Waals surface area (Å²) in [5.74, 6) is 1.53. The van der Waals surface area contributed by atoms with Crippen LogP contribution in [-0.4, -0.2) is 10.1 Å². The van der Waals surface area contributed by atoms with Gasteiger partial charge in [-0.2, -0.15) is 4.98 Å². The molecule has 0 aliphatic carbocycles. The fourth-order valence-electron chi connectivity index (χ4n) is 0.753. The van der Waals surface area contributed by atoms with Crippen molar-refractivity contribution in [3.63, 3.8) is 0 Å². The molecule has 0 saturated carbocycles. The van der Waals surface area contributed by atoms with E-state index in [1.165, 1.54) is 0 Å². The molecule has 0 aromatic carbocycles.